The van der Waals surface area contributed by atoms with Gasteiger partial charge in [0.2, 0.25) is 5.95 Å². The fraction of sp³-hybridized carbons (Fsp3) is 0.714. The molecule has 0 aliphatic rings. The number of unbranched alkanes of at least 4 members (excludes halogenated alkanes) is 1. The van der Waals surface area contributed by atoms with Crippen molar-refractivity contribution in [3.63, 3.8) is 0 Å². The maximum Gasteiger partial charge on any atom is 0.224 e. The molecule has 1 heterocycles. The fourth-order valence-corrected chi connectivity index (χ4v) is 1.60. The molecular weight excluding hydrogens is 224 g/mol. The molecule has 1 aromatic heterocycles. The van der Waals surface area contributed by atoms with Crippen molar-refractivity contribution in [1.29, 1.82) is 0 Å². The van der Waals surface area contributed by atoms with Crippen molar-refractivity contribution < 1.29 is 0 Å². The Bertz CT molecular complexity index is 350. The lowest BCUT2D eigenvalue weighted by atomic mass is 10.1. The van der Waals surface area contributed by atoms with Crippen molar-refractivity contribution >= 4 is 11.8 Å². The second-order valence-corrected chi connectivity index (χ2v) is 5.11. The molecular formula is C14H26N4. The minimum atomic E-state index is 0.711. The summed E-state index contributed by atoms with van der Waals surface area (Å²) in [5.41, 5.74) is 0.996. The lowest BCUT2D eigenvalue weighted by Crippen LogP contribution is -2.10. The van der Waals surface area contributed by atoms with E-state index in [0.717, 1.165) is 43.4 Å². The van der Waals surface area contributed by atoms with Crippen LogP contribution in [0.4, 0.5) is 11.8 Å². The van der Waals surface area contributed by atoms with E-state index in [1.165, 1.54) is 6.42 Å². The van der Waals surface area contributed by atoms with Crippen molar-refractivity contribution in [3.05, 3.63) is 11.8 Å². The van der Waals surface area contributed by atoms with Crippen LogP contribution in [0.3, 0.4) is 0 Å². The summed E-state index contributed by atoms with van der Waals surface area (Å²) in [6.07, 6.45) is 3.48. The number of aryl methyl sites for hydroxylation is 1. The van der Waals surface area contributed by atoms with Crippen LogP contribution in [0.25, 0.3) is 0 Å². The van der Waals surface area contributed by atoms with E-state index in [9.17, 15) is 0 Å². The minimum absolute atomic E-state index is 0.711. The van der Waals surface area contributed by atoms with E-state index in [1.807, 2.05) is 13.0 Å². The van der Waals surface area contributed by atoms with E-state index in [1.54, 1.807) is 0 Å². The number of hydrogen-bond acceptors (Lipinski definition) is 4. The van der Waals surface area contributed by atoms with E-state index in [2.05, 4.69) is 41.4 Å². The van der Waals surface area contributed by atoms with Gasteiger partial charge in [-0.05, 0) is 25.7 Å². The Labute approximate surface area is 111 Å². The van der Waals surface area contributed by atoms with E-state index in [0.29, 0.717) is 5.92 Å². The first kappa shape index (κ1) is 14.7. The maximum absolute atomic E-state index is 4.47. The zero-order chi connectivity index (χ0) is 13.4. The van der Waals surface area contributed by atoms with Crippen LogP contribution >= 0.6 is 0 Å². The summed E-state index contributed by atoms with van der Waals surface area (Å²) in [5, 5.41) is 6.62. The van der Waals surface area contributed by atoms with Crippen molar-refractivity contribution in [2.45, 2.75) is 47.0 Å². The van der Waals surface area contributed by atoms with Gasteiger partial charge in [-0.15, -0.1) is 0 Å². The highest BCUT2D eigenvalue weighted by molar-refractivity contribution is 5.42. The number of hydrogen-bond donors (Lipinski definition) is 2. The molecule has 0 fully saturated rings. The minimum Gasteiger partial charge on any atom is -0.370 e. The third kappa shape index (κ3) is 5.84. The van der Waals surface area contributed by atoms with Gasteiger partial charge in [0.15, 0.2) is 0 Å². The van der Waals surface area contributed by atoms with Gasteiger partial charge in [0, 0.05) is 24.8 Å². The molecule has 0 aliphatic heterocycles. The largest absolute Gasteiger partial charge is 0.370 e. The summed E-state index contributed by atoms with van der Waals surface area (Å²) in [7, 11) is 0. The molecule has 1 rings (SSSR count). The van der Waals surface area contributed by atoms with Crippen LogP contribution in [-0.2, 0) is 0 Å². The van der Waals surface area contributed by atoms with Crippen molar-refractivity contribution in [3.8, 4) is 0 Å². The summed E-state index contributed by atoms with van der Waals surface area (Å²) in [6.45, 7) is 10.5. The molecule has 0 atom stereocenters. The van der Waals surface area contributed by atoms with Gasteiger partial charge in [0.05, 0.1) is 0 Å². The van der Waals surface area contributed by atoms with Crippen LogP contribution < -0.4 is 10.6 Å². The number of aromatic nitrogens is 2. The Hall–Kier alpha value is -1.32. The lowest BCUT2D eigenvalue weighted by Gasteiger charge is -2.10. The first-order valence-electron chi connectivity index (χ1n) is 6.95. The highest BCUT2D eigenvalue weighted by Crippen LogP contribution is 2.10. The van der Waals surface area contributed by atoms with Gasteiger partial charge in [-0.2, -0.15) is 4.98 Å². The van der Waals surface area contributed by atoms with Crippen LogP contribution in [0.2, 0.25) is 0 Å². The molecule has 0 aliphatic carbocycles. The van der Waals surface area contributed by atoms with Gasteiger partial charge in [-0.3, -0.25) is 0 Å². The van der Waals surface area contributed by atoms with Crippen LogP contribution in [0, 0.1) is 12.8 Å². The number of nitrogens with zero attached hydrogens (tertiary/aromatic N) is 2. The molecule has 0 radical (unpaired) electrons. The maximum atomic E-state index is 4.47. The molecule has 18 heavy (non-hydrogen) atoms. The van der Waals surface area contributed by atoms with E-state index < -0.39 is 0 Å². The van der Waals surface area contributed by atoms with Gasteiger partial charge >= 0.3 is 0 Å². The van der Waals surface area contributed by atoms with Crippen LogP contribution in [0.5, 0.6) is 0 Å². The third-order valence-corrected chi connectivity index (χ3v) is 2.70. The Kier molecular flexibility index (Phi) is 6.47. The Morgan fingerprint density at radius 3 is 2.61 bits per heavy atom. The number of nitrogens with one attached hydrogen (secondary N) is 2. The summed E-state index contributed by atoms with van der Waals surface area (Å²) in [6, 6.07) is 1.99. The zero-order valence-electron chi connectivity index (χ0n) is 12.1. The molecule has 0 aromatic carbocycles. The topological polar surface area (TPSA) is 49.8 Å². The molecule has 4 nitrogen and oxygen atoms in total. The molecule has 0 saturated heterocycles. The van der Waals surface area contributed by atoms with Crippen LogP contribution in [0.15, 0.2) is 6.07 Å². The Morgan fingerprint density at radius 2 is 1.94 bits per heavy atom. The third-order valence-electron chi connectivity index (χ3n) is 2.70. The SMILES string of the molecule is CCCCNc1nc(C)cc(NCCC(C)C)n1. The summed E-state index contributed by atoms with van der Waals surface area (Å²) >= 11 is 0. The molecule has 0 spiro atoms. The second kappa shape index (κ2) is 7.90. The van der Waals surface area contributed by atoms with E-state index in [4.69, 9.17) is 0 Å². The van der Waals surface area contributed by atoms with Crippen molar-refractivity contribution in [1.82, 2.24) is 9.97 Å². The summed E-state index contributed by atoms with van der Waals surface area (Å²) in [4.78, 5) is 8.86. The molecule has 1 aromatic rings. The van der Waals surface area contributed by atoms with Gasteiger partial charge < -0.3 is 10.6 Å². The summed E-state index contributed by atoms with van der Waals surface area (Å²) < 4.78 is 0. The zero-order valence-corrected chi connectivity index (χ0v) is 12.1. The quantitative estimate of drug-likeness (QED) is 0.694. The Morgan fingerprint density at radius 1 is 1.17 bits per heavy atom. The predicted octanol–water partition coefficient (Wildman–Crippen LogP) is 3.46. The summed E-state index contributed by atoms with van der Waals surface area (Å²) in [5.74, 6) is 2.36. The Balaban J connectivity index is 2.51. The molecule has 4 heteroatoms. The lowest BCUT2D eigenvalue weighted by molar-refractivity contribution is 0.606. The van der Waals surface area contributed by atoms with Gasteiger partial charge in [-0.1, -0.05) is 27.2 Å². The number of anilines is 2. The van der Waals surface area contributed by atoms with Crippen LogP contribution in [-0.4, -0.2) is 23.1 Å². The normalized spacial score (nSPS) is 10.7. The van der Waals surface area contributed by atoms with E-state index >= 15 is 0 Å². The van der Waals surface area contributed by atoms with Crippen LogP contribution in [0.1, 0.15) is 45.7 Å². The highest BCUT2D eigenvalue weighted by atomic mass is 15.1. The molecule has 0 bridgehead atoms. The monoisotopic (exact) mass is 250 g/mol. The van der Waals surface area contributed by atoms with Gasteiger partial charge in [0.25, 0.3) is 0 Å². The molecule has 102 valence electrons. The molecule has 0 unspecified atom stereocenters. The molecule has 0 saturated carbocycles. The molecule has 2 N–H and O–H groups in total. The smallest absolute Gasteiger partial charge is 0.224 e. The highest BCUT2D eigenvalue weighted by Gasteiger charge is 2.02. The first-order chi connectivity index (χ1) is 8.61. The number of rotatable bonds is 8. The predicted molar refractivity (Wildman–Crippen MR) is 78.1 cm³/mol. The van der Waals surface area contributed by atoms with Gasteiger partial charge in [0.1, 0.15) is 5.82 Å². The average Bonchev–Trinajstić information content (AvgIpc) is 2.28. The molecule has 0 amide bonds. The van der Waals surface area contributed by atoms with Crippen molar-refractivity contribution in [2.24, 2.45) is 5.92 Å². The van der Waals surface area contributed by atoms with E-state index in [-0.39, 0.29) is 0 Å². The van der Waals surface area contributed by atoms with Gasteiger partial charge in [-0.25, -0.2) is 4.98 Å². The average molecular weight is 250 g/mol. The fourth-order valence-electron chi connectivity index (χ4n) is 1.60. The first-order valence-corrected chi connectivity index (χ1v) is 6.95. The second-order valence-electron chi connectivity index (χ2n) is 5.11. The van der Waals surface area contributed by atoms with Crippen molar-refractivity contribution in [2.75, 3.05) is 23.7 Å². The standard InChI is InChI=1S/C14H26N4/c1-5-6-8-16-14-17-12(4)10-13(18-14)15-9-7-11(2)3/h10-11H,5-9H2,1-4H3,(H2,15,16,17,18).